The molecule has 3 nitrogen and oxygen atoms in total. The average molecular weight is 398 g/mol. The van der Waals surface area contributed by atoms with Gasteiger partial charge in [-0.15, -0.1) is 0 Å². The summed E-state index contributed by atoms with van der Waals surface area (Å²) >= 11 is 6.85. The molecule has 20 heavy (non-hydrogen) atoms. The van der Waals surface area contributed by atoms with Crippen molar-refractivity contribution in [2.24, 2.45) is 0 Å². The summed E-state index contributed by atoms with van der Waals surface area (Å²) in [5, 5.41) is 6.09. The van der Waals surface area contributed by atoms with Crippen LogP contribution in [0.3, 0.4) is 0 Å². The van der Waals surface area contributed by atoms with Crippen LogP contribution in [0.5, 0.6) is 0 Å². The fraction of sp³-hybridized carbons (Fsp3) is 0.133. The van der Waals surface area contributed by atoms with E-state index in [0.29, 0.717) is 5.56 Å². The molecule has 0 saturated heterocycles. The predicted molar refractivity (Wildman–Crippen MR) is 90.4 cm³/mol. The number of halogens is 2. The van der Waals surface area contributed by atoms with Crippen molar-refractivity contribution in [3.8, 4) is 0 Å². The summed E-state index contributed by atoms with van der Waals surface area (Å²) in [6.45, 7) is 2.89. The Balaban J connectivity index is 2.16. The Morgan fingerprint density at radius 1 is 1.05 bits per heavy atom. The van der Waals surface area contributed by atoms with Gasteiger partial charge in [-0.2, -0.15) is 0 Å². The molecule has 0 saturated carbocycles. The highest BCUT2D eigenvalue weighted by Crippen LogP contribution is 2.30. The number of amides is 1. The molecular formula is C15H14Br2N2O. The van der Waals surface area contributed by atoms with Gasteiger partial charge in [0.05, 0.1) is 5.69 Å². The van der Waals surface area contributed by atoms with Crippen molar-refractivity contribution in [2.75, 3.05) is 17.2 Å². The maximum atomic E-state index is 12.2. The van der Waals surface area contributed by atoms with Gasteiger partial charge in [0, 0.05) is 26.7 Å². The van der Waals surface area contributed by atoms with Crippen molar-refractivity contribution < 1.29 is 4.79 Å². The zero-order chi connectivity index (χ0) is 14.5. The maximum absolute atomic E-state index is 12.2. The van der Waals surface area contributed by atoms with Crippen molar-refractivity contribution in [1.29, 1.82) is 0 Å². The van der Waals surface area contributed by atoms with Gasteiger partial charge in [-0.1, -0.05) is 6.07 Å². The Hall–Kier alpha value is -1.33. The lowest BCUT2D eigenvalue weighted by molar-refractivity contribution is 0.102. The van der Waals surface area contributed by atoms with E-state index in [2.05, 4.69) is 42.5 Å². The molecule has 2 aromatic carbocycles. The van der Waals surface area contributed by atoms with Crippen molar-refractivity contribution in [1.82, 2.24) is 0 Å². The molecule has 0 aliphatic heterocycles. The highest BCUT2D eigenvalue weighted by atomic mass is 79.9. The molecule has 104 valence electrons. The first-order valence-electron chi connectivity index (χ1n) is 6.21. The smallest absolute Gasteiger partial charge is 0.255 e. The van der Waals surface area contributed by atoms with Crippen LogP contribution in [0.15, 0.2) is 51.4 Å². The van der Waals surface area contributed by atoms with E-state index in [9.17, 15) is 4.79 Å². The molecule has 0 aliphatic rings. The van der Waals surface area contributed by atoms with E-state index in [4.69, 9.17) is 0 Å². The van der Waals surface area contributed by atoms with Crippen LogP contribution in [0.2, 0.25) is 0 Å². The van der Waals surface area contributed by atoms with Crippen LogP contribution in [0.25, 0.3) is 0 Å². The van der Waals surface area contributed by atoms with Crippen molar-refractivity contribution in [2.45, 2.75) is 6.92 Å². The zero-order valence-electron chi connectivity index (χ0n) is 10.9. The number of rotatable bonds is 4. The van der Waals surface area contributed by atoms with Gasteiger partial charge < -0.3 is 10.6 Å². The molecule has 0 fully saturated rings. The van der Waals surface area contributed by atoms with E-state index in [0.717, 1.165) is 26.9 Å². The second-order valence-corrected chi connectivity index (χ2v) is 5.87. The normalized spacial score (nSPS) is 10.2. The van der Waals surface area contributed by atoms with Gasteiger partial charge in [-0.05, 0) is 75.2 Å². The second-order valence-electron chi connectivity index (χ2n) is 4.16. The largest absolute Gasteiger partial charge is 0.385 e. The van der Waals surface area contributed by atoms with E-state index < -0.39 is 0 Å². The summed E-state index contributed by atoms with van der Waals surface area (Å²) in [4.78, 5) is 12.2. The molecular weight excluding hydrogens is 384 g/mol. The van der Waals surface area contributed by atoms with E-state index in [1.165, 1.54) is 0 Å². The molecule has 0 bridgehead atoms. The van der Waals surface area contributed by atoms with Crippen LogP contribution in [0.1, 0.15) is 17.3 Å². The highest BCUT2D eigenvalue weighted by Gasteiger charge is 2.10. The summed E-state index contributed by atoms with van der Waals surface area (Å²) < 4.78 is 1.67. The number of hydrogen-bond donors (Lipinski definition) is 2. The van der Waals surface area contributed by atoms with E-state index in [-0.39, 0.29) is 5.91 Å². The molecule has 0 heterocycles. The number of hydrogen-bond acceptors (Lipinski definition) is 2. The first kappa shape index (κ1) is 15.1. The molecule has 2 rings (SSSR count). The van der Waals surface area contributed by atoms with Crippen LogP contribution >= 0.6 is 31.9 Å². The monoisotopic (exact) mass is 396 g/mol. The minimum Gasteiger partial charge on any atom is -0.385 e. The minimum absolute atomic E-state index is 0.138. The summed E-state index contributed by atoms with van der Waals surface area (Å²) in [6, 6.07) is 13.1. The van der Waals surface area contributed by atoms with Crippen LogP contribution in [-0.4, -0.2) is 12.5 Å². The number of carbonyl (C=O) groups excluding carboxylic acids is 1. The molecule has 0 radical (unpaired) electrons. The fourth-order valence-electron chi connectivity index (χ4n) is 1.75. The van der Waals surface area contributed by atoms with Crippen molar-refractivity contribution in [3.05, 3.63) is 57.0 Å². The van der Waals surface area contributed by atoms with Crippen LogP contribution in [-0.2, 0) is 0 Å². The number of benzene rings is 2. The summed E-state index contributed by atoms with van der Waals surface area (Å²) in [5.41, 5.74) is 2.36. The topological polar surface area (TPSA) is 41.1 Å². The summed E-state index contributed by atoms with van der Waals surface area (Å²) in [6.07, 6.45) is 0. The Bertz CT molecular complexity index is 592. The van der Waals surface area contributed by atoms with Crippen LogP contribution in [0, 0.1) is 0 Å². The Morgan fingerprint density at radius 2 is 1.65 bits per heavy atom. The van der Waals surface area contributed by atoms with Crippen LogP contribution in [0.4, 0.5) is 11.4 Å². The molecule has 0 aliphatic carbocycles. The number of carbonyl (C=O) groups is 1. The van der Waals surface area contributed by atoms with Gasteiger partial charge in [0.2, 0.25) is 0 Å². The number of nitrogens with one attached hydrogen (secondary N) is 2. The van der Waals surface area contributed by atoms with Gasteiger partial charge >= 0.3 is 0 Å². The Morgan fingerprint density at radius 3 is 2.20 bits per heavy atom. The lowest BCUT2D eigenvalue weighted by atomic mass is 10.2. The minimum atomic E-state index is -0.138. The van der Waals surface area contributed by atoms with Gasteiger partial charge in [-0.25, -0.2) is 0 Å². The molecule has 2 aromatic rings. The van der Waals surface area contributed by atoms with Gasteiger partial charge in [0.25, 0.3) is 5.91 Å². The second kappa shape index (κ2) is 6.90. The highest BCUT2D eigenvalue weighted by molar-refractivity contribution is 9.11. The quantitative estimate of drug-likeness (QED) is 0.770. The lowest BCUT2D eigenvalue weighted by Gasteiger charge is -2.10. The SMILES string of the molecule is CCNc1ccc(C(=O)Nc2c(Br)cccc2Br)cc1. The number of anilines is 2. The Kier molecular flexibility index (Phi) is 5.20. The van der Waals surface area contributed by atoms with Gasteiger partial charge in [0.15, 0.2) is 0 Å². The van der Waals surface area contributed by atoms with Gasteiger partial charge in [-0.3, -0.25) is 4.79 Å². The molecule has 0 aromatic heterocycles. The average Bonchev–Trinajstić information content (AvgIpc) is 2.44. The fourth-order valence-corrected chi connectivity index (χ4v) is 2.94. The predicted octanol–water partition coefficient (Wildman–Crippen LogP) is 4.90. The third kappa shape index (κ3) is 3.61. The summed E-state index contributed by atoms with van der Waals surface area (Å²) in [7, 11) is 0. The first-order chi connectivity index (χ1) is 9.61. The maximum Gasteiger partial charge on any atom is 0.255 e. The van der Waals surface area contributed by atoms with E-state index in [1.54, 1.807) is 12.1 Å². The van der Waals surface area contributed by atoms with Crippen molar-refractivity contribution >= 4 is 49.1 Å². The zero-order valence-corrected chi connectivity index (χ0v) is 14.1. The first-order valence-corrected chi connectivity index (χ1v) is 7.79. The van der Waals surface area contributed by atoms with E-state index in [1.807, 2.05) is 37.3 Å². The van der Waals surface area contributed by atoms with Crippen LogP contribution < -0.4 is 10.6 Å². The third-order valence-corrected chi connectivity index (χ3v) is 4.05. The summed E-state index contributed by atoms with van der Waals surface area (Å²) in [5.74, 6) is -0.138. The molecule has 0 spiro atoms. The third-order valence-electron chi connectivity index (χ3n) is 2.73. The van der Waals surface area contributed by atoms with Crippen molar-refractivity contribution in [3.63, 3.8) is 0 Å². The molecule has 5 heteroatoms. The standard InChI is InChI=1S/C15H14Br2N2O/c1-2-18-11-8-6-10(7-9-11)15(20)19-14-12(16)4-3-5-13(14)17/h3-9,18H,2H2,1H3,(H,19,20). The molecule has 1 amide bonds. The van der Waals surface area contributed by atoms with Gasteiger partial charge in [0.1, 0.15) is 0 Å². The molecule has 0 unspecified atom stereocenters. The molecule has 0 atom stereocenters. The number of para-hydroxylation sites is 1. The lowest BCUT2D eigenvalue weighted by Crippen LogP contribution is -2.12. The van der Waals surface area contributed by atoms with E-state index >= 15 is 0 Å². The molecule has 2 N–H and O–H groups in total. The Labute approximate surface area is 135 Å².